The van der Waals surface area contributed by atoms with Gasteiger partial charge in [-0.2, -0.15) is 5.26 Å². The summed E-state index contributed by atoms with van der Waals surface area (Å²) in [5.41, 5.74) is 0.167. The van der Waals surface area contributed by atoms with Crippen LogP contribution < -0.4 is 5.32 Å². The van der Waals surface area contributed by atoms with Crippen LogP contribution in [0.1, 0.15) is 19.8 Å². The number of likely N-dealkylation sites (tertiary alicyclic amines) is 1. The van der Waals surface area contributed by atoms with E-state index < -0.39 is 0 Å². The van der Waals surface area contributed by atoms with Crippen molar-refractivity contribution in [2.45, 2.75) is 19.8 Å². The summed E-state index contributed by atoms with van der Waals surface area (Å²) in [6.07, 6.45) is 3.90. The maximum absolute atomic E-state index is 11.7. The Labute approximate surface area is 108 Å². The van der Waals surface area contributed by atoms with Gasteiger partial charge < -0.3 is 15.0 Å². The lowest BCUT2D eigenvalue weighted by molar-refractivity contribution is -0.117. The van der Waals surface area contributed by atoms with Crippen molar-refractivity contribution in [3.8, 4) is 6.07 Å². The Morgan fingerprint density at radius 1 is 1.56 bits per heavy atom. The third-order valence-electron chi connectivity index (χ3n) is 3.09. The van der Waals surface area contributed by atoms with Gasteiger partial charge in [0.15, 0.2) is 0 Å². The number of ether oxygens (including phenoxy) is 1. The van der Waals surface area contributed by atoms with E-state index in [-0.39, 0.29) is 11.5 Å². The van der Waals surface area contributed by atoms with E-state index in [9.17, 15) is 4.79 Å². The molecule has 0 atom stereocenters. The predicted octanol–water partition coefficient (Wildman–Crippen LogP) is 0.888. The third-order valence-corrected chi connectivity index (χ3v) is 3.09. The molecule has 0 spiro atoms. The summed E-state index contributed by atoms with van der Waals surface area (Å²) >= 11 is 0. The number of carbonyl (C=O) groups is 1. The van der Waals surface area contributed by atoms with Crippen LogP contribution in [0.5, 0.6) is 0 Å². The number of piperidine rings is 1. The van der Waals surface area contributed by atoms with Crippen molar-refractivity contribution in [3.05, 3.63) is 11.8 Å². The Bertz CT molecular complexity index is 339. The molecular weight excluding hydrogens is 230 g/mol. The zero-order chi connectivity index (χ0) is 13.4. The van der Waals surface area contributed by atoms with Gasteiger partial charge in [-0.1, -0.05) is 6.92 Å². The fraction of sp³-hybridized carbons (Fsp3) is 0.692. The van der Waals surface area contributed by atoms with Crippen LogP contribution in [0, 0.1) is 17.2 Å². The van der Waals surface area contributed by atoms with Crippen LogP contribution in [-0.2, 0) is 9.53 Å². The van der Waals surface area contributed by atoms with E-state index in [1.54, 1.807) is 13.3 Å². The van der Waals surface area contributed by atoms with E-state index in [2.05, 4.69) is 17.1 Å². The Kier molecular flexibility index (Phi) is 6.23. The topological polar surface area (TPSA) is 65.4 Å². The minimum atomic E-state index is -0.326. The highest BCUT2D eigenvalue weighted by Crippen LogP contribution is 2.16. The summed E-state index contributed by atoms with van der Waals surface area (Å²) in [5.74, 6) is 0.406. The lowest BCUT2D eigenvalue weighted by atomic mass is 9.99. The van der Waals surface area contributed by atoms with Gasteiger partial charge in [0.25, 0.3) is 5.91 Å². The lowest BCUT2D eigenvalue weighted by Gasteiger charge is -2.29. The number of hydrogen-bond acceptors (Lipinski definition) is 4. The molecular formula is C13H21N3O2. The average Bonchev–Trinajstić information content (AvgIpc) is 2.38. The monoisotopic (exact) mass is 251 g/mol. The highest BCUT2D eigenvalue weighted by Gasteiger charge is 2.15. The maximum atomic E-state index is 11.7. The number of nitriles is 1. The fourth-order valence-electron chi connectivity index (χ4n) is 1.84. The minimum Gasteiger partial charge on any atom is -0.383 e. The molecule has 0 saturated carbocycles. The van der Waals surface area contributed by atoms with Gasteiger partial charge in [-0.05, 0) is 18.8 Å². The van der Waals surface area contributed by atoms with Crippen molar-refractivity contribution >= 4 is 5.91 Å². The van der Waals surface area contributed by atoms with Gasteiger partial charge in [-0.25, -0.2) is 0 Å². The van der Waals surface area contributed by atoms with Crippen LogP contribution in [0.25, 0.3) is 0 Å². The summed E-state index contributed by atoms with van der Waals surface area (Å²) < 4.78 is 4.84. The van der Waals surface area contributed by atoms with Crippen LogP contribution >= 0.6 is 0 Å². The SMILES string of the molecule is COCCNC(=O)/C(C#N)=C\N1CCC(C)CC1. The number of nitrogens with one attached hydrogen (secondary N) is 1. The second-order valence-corrected chi connectivity index (χ2v) is 4.62. The second-order valence-electron chi connectivity index (χ2n) is 4.62. The molecule has 1 saturated heterocycles. The maximum Gasteiger partial charge on any atom is 0.263 e. The Morgan fingerprint density at radius 3 is 2.78 bits per heavy atom. The largest absolute Gasteiger partial charge is 0.383 e. The smallest absolute Gasteiger partial charge is 0.263 e. The van der Waals surface area contributed by atoms with Crippen LogP contribution in [0.2, 0.25) is 0 Å². The quantitative estimate of drug-likeness (QED) is 0.448. The van der Waals surface area contributed by atoms with Crippen LogP contribution in [0.15, 0.2) is 11.8 Å². The van der Waals surface area contributed by atoms with Crippen molar-refractivity contribution < 1.29 is 9.53 Å². The molecule has 100 valence electrons. The molecule has 1 aliphatic rings. The molecule has 0 aromatic carbocycles. The van der Waals surface area contributed by atoms with Crippen molar-refractivity contribution in [2.75, 3.05) is 33.4 Å². The first-order valence-electron chi connectivity index (χ1n) is 6.30. The standard InChI is InChI=1S/C13H21N3O2/c1-11-3-6-16(7-4-11)10-12(9-14)13(17)15-5-8-18-2/h10-11H,3-8H2,1-2H3,(H,15,17)/b12-10-. The number of methoxy groups -OCH3 is 1. The lowest BCUT2D eigenvalue weighted by Crippen LogP contribution is -2.32. The van der Waals surface area contributed by atoms with E-state index in [0.29, 0.717) is 13.2 Å². The van der Waals surface area contributed by atoms with E-state index in [1.165, 1.54) is 0 Å². The van der Waals surface area contributed by atoms with Crippen LogP contribution in [0.4, 0.5) is 0 Å². The third kappa shape index (κ3) is 4.76. The first-order valence-corrected chi connectivity index (χ1v) is 6.30. The average molecular weight is 251 g/mol. The molecule has 1 fully saturated rings. The summed E-state index contributed by atoms with van der Waals surface area (Å²) in [6.45, 7) is 4.93. The molecule has 1 aliphatic heterocycles. The van der Waals surface area contributed by atoms with Crippen molar-refractivity contribution in [3.63, 3.8) is 0 Å². The van der Waals surface area contributed by atoms with Crippen molar-refractivity contribution in [1.29, 1.82) is 5.26 Å². The van der Waals surface area contributed by atoms with E-state index in [0.717, 1.165) is 31.8 Å². The molecule has 5 nitrogen and oxygen atoms in total. The molecule has 0 aromatic rings. The Morgan fingerprint density at radius 2 is 2.22 bits per heavy atom. The Hall–Kier alpha value is -1.54. The molecule has 0 aromatic heterocycles. The van der Waals surface area contributed by atoms with Gasteiger partial charge in [-0.3, -0.25) is 4.79 Å². The first kappa shape index (κ1) is 14.5. The van der Waals surface area contributed by atoms with Gasteiger partial charge in [0.2, 0.25) is 0 Å². The van der Waals surface area contributed by atoms with Gasteiger partial charge in [0.1, 0.15) is 11.6 Å². The van der Waals surface area contributed by atoms with Crippen molar-refractivity contribution in [2.24, 2.45) is 5.92 Å². The second kappa shape index (κ2) is 7.72. The molecule has 1 heterocycles. The number of nitrogens with zero attached hydrogens (tertiary/aromatic N) is 2. The summed E-state index contributed by atoms with van der Waals surface area (Å²) in [4.78, 5) is 13.8. The zero-order valence-electron chi connectivity index (χ0n) is 11.1. The number of rotatable bonds is 5. The fourth-order valence-corrected chi connectivity index (χ4v) is 1.84. The molecule has 1 amide bonds. The summed E-state index contributed by atoms with van der Waals surface area (Å²) in [5, 5.41) is 11.7. The van der Waals surface area contributed by atoms with Crippen LogP contribution in [0.3, 0.4) is 0 Å². The number of hydrogen-bond donors (Lipinski definition) is 1. The zero-order valence-corrected chi connectivity index (χ0v) is 11.1. The summed E-state index contributed by atoms with van der Waals surface area (Å²) in [7, 11) is 1.57. The minimum absolute atomic E-state index is 0.167. The number of carbonyl (C=O) groups excluding carboxylic acids is 1. The van der Waals surface area contributed by atoms with Gasteiger partial charge >= 0.3 is 0 Å². The first-order chi connectivity index (χ1) is 8.67. The molecule has 5 heteroatoms. The molecule has 1 N–H and O–H groups in total. The van der Waals surface area contributed by atoms with E-state index in [4.69, 9.17) is 10.00 Å². The highest BCUT2D eigenvalue weighted by atomic mass is 16.5. The normalized spacial score (nSPS) is 17.4. The molecule has 0 aliphatic carbocycles. The summed E-state index contributed by atoms with van der Waals surface area (Å²) in [6, 6.07) is 1.95. The number of amides is 1. The molecule has 1 rings (SSSR count). The van der Waals surface area contributed by atoms with Gasteiger partial charge in [0.05, 0.1) is 6.61 Å². The predicted molar refractivity (Wildman–Crippen MR) is 68.6 cm³/mol. The highest BCUT2D eigenvalue weighted by molar-refractivity contribution is 5.97. The van der Waals surface area contributed by atoms with E-state index in [1.807, 2.05) is 6.07 Å². The molecule has 0 unspecified atom stereocenters. The van der Waals surface area contributed by atoms with Crippen LogP contribution in [-0.4, -0.2) is 44.2 Å². The van der Waals surface area contributed by atoms with Crippen molar-refractivity contribution in [1.82, 2.24) is 10.2 Å². The Balaban J connectivity index is 2.49. The van der Waals surface area contributed by atoms with Gasteiger partial charge in [-0.15, -0.1) is 0 Å². The van der Waals surface area contributed by atoms with E-state index >= 15 is 0 Å². The molecule has 0 bridgehead atoms. The van der Waals surface area contributed by atoms with Gasteiger partial charge in [0, 0.05) is 32.9 Å². The molecule has 18 heavy (non-hydrogen) atoms. The molecule has 0 radical (unpaired) electrons.